The molecule has 6 heteroatoms. The molecule has 2 aromatic heterocycles. The molecule has 4 rings (SSSR count). The molecule has 1 amide bonds. The molecule has 3 aromatic rings. The number of carbonyl (C=O) groups is 1. The third kappa shape index (κ3) is 3.57. The van der Waals surface area contributed by atoms with Gasteiger partial charge < -0.3 is 5.32 Å². The van der Waals surface area contributed by atoms with E-state index in [1.807, 2.05) is 48.7 Å². The second kappa shape index (κ2) is 6.84. The minimum absolute atomic E-state index is 0.0683. The van der Waals surface area contributed by atoms with E-state index in [4.69, 9.17) is 0 Å². The number of nitrogens with one attached hydrogen (secondary N) is 2. The average molecular weight is 333 g/mol. The van der Waals surface area contributed by atoms with E-state index in [9.17, 15) is 4.79 Å². The Labute approximate surface area is 145 Å². The zero-order chi connectivity index (χ0) is 17.1. The number of nitrogens with zero attached hydrogens (tertiary/aromatic N) is 3. The van der Waals surface area contributed by atoms with Crippen molar-refractivity contribution in [2.24, 2.45) is 5.92 Å². The van der Waals surface area contributed by atoms with Gasteiger partial charge in [-0.2, -0.15) is 5.10 Å². The minimum atomic E-state index is 0.0683. The van der Waals surface area contributed by atoms with Gasteiger partial charge >= 0.3 is 0 Å². The highest BCUT2D eigenvalue weighted by Crippen LogP contribution is 2.47. The molecule has 1 aromatic carbocycles. The molecule has 6 nitrogen and oxygen atoms in total. The highest BCUT2D eigenvalue weighted by atomic mass is 16.2. The van der Waals surface area contributed by atoms with Gasteiger partial charge in [-0.3, -0.25) is 14.9 Å². The quantitative estimate of drug-likeness (QED) is 0.725. The van der Waals surface area contributed by atoms with Crippen molar-refractivity contribution in [3.63, 3.8) is 0 Å². The maximum absolute atomic E-state index is 12.2. The molecular weight excluding hydrogens is 314 g/mol. The Morgan fingerprint density at radius 1 is 1.20 bits per heavy atom. The average Bonchev–Trinajstić information content (AvgIpc) is 3.34. The number of hydrogen-bond donors (Lipinski definition) is 2. The van der Waals surface area contributed by atoms with Gasteiger partial charge in [0.1, 0.15) is 5.82 Å². The number of hydrogen-bond acceptors (Lipinski definition) is 4. The highest BCUT2D eigenvalue weighted by Gasteiger charge is 2.43. The van der Waals surface area contributed by atoms with Crippen LogP contribution < -0.4 is 5.32 Å². The summed E-state index contributed by atoms with van der Waals surface area (Å²) in [7, 11) is 0. The van der Waals surface area contributed by atoms with E-state index in [1.165, 1.54) is 0 Å². The SMILES string of the molecule is O=C(NCCc1nc(-c2ccccc2)n[nH]1)[C@H]1C[C@@H]1c1cccnc1. The van der Waals surface area contributed by atoms with Crippen LogP contribution in [0.5, 0.6) is 0 Å². The normalized spacial score (nSPS) is 18.7. The van der Waals surface area contributed by atoms with Crippen molar-refractivity contribution >= 4 is 5.91 Å². The second-order valence-electron chi connectivity index (χ2n) is 6.25. The lowest BCUT2D eigenvalue weighted by atomic mass is 10.1. The van der Waals surface area contributed by atoms with Gasteiger partial charge in [0.25, 0.3) is 0 Å². The molecule has 1 aliphatic carbocycles. The van der Waals surface area contributed by atoms with Crippen molar-refractivity contribution in [1.82, 2.24) is 25.5 Å². The van der Waals surface area contributed by atoms with Gasteiger partial charge in [-0.25, -0.2) is 4.98 Å². The second-order valence-corrected chi connectivity index (χ2v) is 6.25. The lowest BCUT2D eigenvalue weighted by molar-refractivity contribution is -0.122. The molecule has 2 N–H and O–H groups in total. The van der Waals surface area contributed by atoms with Crippen LogP contribution in [0.3, 0.4) is 0 Å². The van der Waals surface area contributed by atoms with Crippen molar-refractivity contribution in [2.45, 2.75) is 18.8 Å². The molecule has 0 unspecified atom stereocenters. The lowest BCUT2D eigenvalue weighted by Crippen LogP contribution is -2.27. The Morgan fingerprint density at radius 2 is 2.08 bits per heavy atom. The maximum atomic E-state index is 12.2. The summed E-state index contributed by atoms with van der Waals surface area (Å²) >= 11 is 0. The molecule has 1 aliphatic rings. The van der Waals surface area contributed by atoms with Crippen LogP contribution in [0.2, 0.25) is 0 Å². The van der Waals surface area contributed by atoms with Crippen LogP contribution in [-0.2, 0) is 11.2 Å². The number of rotatable bonds is 6. The van der Waals surface area contributed by atoms with E-state index in [-0.39, 0.29) is 11.8 Å². The molecule has 126 valence electrons. The Kier molecular flexibility index (Phi) is 4.24. The summed E-state index contributed by atoms with van der Waals surface area (Å²) in [4.78, 5) is 20.8. The molecule has 1 fully saturated rings. The van der Waals surface area contributed by atoms with Crippen LogP contribution in [0.1, 0.15) is 23.7 Å². The van der Waals surface area contributed by atoms with Crippen LogP contribution >= 0.6 is 0 Å². The van der Waals surface area contributed by atoms with E-state index < -0.39 is 0 Å². The van der Waals surface area contributed by atoms with Gasteiger partial charge in [-0.15, -0.1) is 0 Å². The van der Waals surface area contributed by atoms with Crippen molar-refractivity contribution < 1.29 is 4.79 Å². The number of H-pyrrole nitrogens is 1. The first-order valence-corrected chi connectivity index (χ1v) is 8.45. The first-order chi connectivity index (χ1) is 12.3. The number of amides is 1. The van der Waals surface area contributed by atoms with Gasteiger partial charge in [0.2, 0.25) is 5.91 Å². The fourth-order valence-electron chi connectivity index (χ4n) is 3.01. The summed E-state index contributed by atoms with van der Waals surface area (Å²) in [6.07, 6.45) is 5.13. The summed E-state index contributed by atoms with van der Waals surface area (Å²) in [5, 5.41) is 10.2. The summed E-state index contributed by atoms with van der Waals surface area (Å²) in [5.74, 6) is 1.94. The van der Waals surface area contributed by atoms with Gasteiger partial charge in [0, 0.05) is 36.8 Å². The summed E-state index contributed by atoms with van der Waals surface area (Å²) in [6.45, 7) is 0.554. The van der Waals surface area contributed by atoms with E-state index in [0.717, 1.165) is 23.4 Å². The zero-order valence-electron chi connectivity index (χ0n) is 13.7. The van der Waals surface area contributed by atoms with Crippen molar-refractivity contribution in [3.8, 4) is 11.4 Å². The Bertz CT molecular complexity index is 847. The van der Waals surface area contributed by atoms with E-state index in [1.54, 1.807) is 6.20 Å². The zero-order valence-corrected chi connectivity index (χ0v) is 13.7. The molecule has 0 saturated heterocycles. The smallest absolute Gasteiger partial charge is 0.223 e. The fourth-order valence-corrected chi connectivity index (χ4v) is 3.01. The van der Waals surface area contributed by atoms with Crippen molar-refractivity contribution in [3.05, 3.63) is 66.2 Å². The molecule has 0 aliphatic heterocycles. The predicted molar refractivity (Wildman–Crippen MR) is 93.6 cm³/mol. The Balaban J connectivity index is 1.26. The van der Waals surface area contributed by atoms with E-state index in [0.29, 0.717) is 24.7 Å². The van der Waals surface area contributed by atoms with Crippen LogP contribution in [0.4, 0.5) is 0 Å². The maximum Gasteiger partial charge on any atom is 0.223 e. The number of aromatic nitrogens is 4. The summed E-state index contributed by atoms with van der Waals surface area (Å²) < 4.78 is 0. The summed E-state index contributed by atoms with van der Waals surface area (Å²) in [5.41, 5.74) is 2.12. The van der Waals surface area contributed by atoms with E-state index >= 15 is 0 Å². The van der Waals surface area contributed by atoms with Gasteiger partial charge in [0.15, 0.2) is 5.82 Å². The third-order valence-electron chi connectivity index (χ3n) is 4.46. The summed E-state index contributed by atoms with van der Waals surface area (Å²) in [6, 6.07) is 13.8. The Hall–Kier alpha value is -3.02. The van der Waals surface area contributed by atoms with Crippen LogP contribution in [0.15, 0.2) is 54.9 Å². The largest absolute Gasteiger partial charge is 0.355 e. The molecular formula is C19H19N5O. The number of pyridine rings is 1. The van der Waals surface area contributed by atoms with Crippen molar-refractivity contribution in [2.75, 3.05) is 6.54 Å². The molecule has 0 bridgehead atoms. The van der Waals surface area contributed by atoms with Crippen LogP contribution in [0, 0.1) is 5.92 Å². The standard InChI is InChI=1S/C19H19N5O/c25-19(16-11-15(16)14-7-4-9-20-12-14)21-10-8-17-22-18(24-23-17)13-5-2-1-3-6-13/h1-7,9,12,15-16H,8,10-11H2,(H,21,25)(H,22,23,24)/t15-,16+/m1/s1. The molecule has 1 saturated carbocycles. The van der Waals surface area contributed by atoms with Crippen LogP contribution in [0.25, 0.3) is 11.4 Å². The van der Waals surface area contributed by atoms with Crippen molar-refractivity contribution in [1.29, 1.82) is 0 Å². The highest BCUT2D eigenvalue weighted by molar-refractivity contribution is 5.82. The number of aromatic amines is 1. The molecule has 2 heterocycles. The third-order valence-corrected chi connectivity index (χ3v) is 4.46. The monoisotopic (exact) mass is 333 g/mol. The molecule has 25 heavy (non-hydrogen) atoms. The van der Waals surface area contributed by atoms with Gasteiger partial charge in [0.05, 0.1) is 0 Å². The van der Waals surface area contributed by atoms with E-state index in [2.05, 4.69) is 25.5 Å². The first-order valence-electron chi connectivity index (χ1n) is 8.45. The first kappa shape index (κ1) is 15.5. The minimum Gasteiger partial charge on any atom is -0.355 e. The van der Waals surface area contributed by atoms with Gasteiger partial charge in [-0.1, -0.05) is 36.4 Å². The molecule has 2 atom stereocenters. The lowest BCUT2D eigenvalue weighted by Gasteiger charge is -2.03. The fraction of sp³-hybridized carbons (Fsp3) is 0.263. The topological polar surface area (TPSA) is 83.6 Å². The van der Waals surface area contributed by atoms with Crippen LogP contribution in [-0.4, -0.2) is 32.6 Å². The molecule has 0 radical (unpaired) electrons. The number of carbonyl (C=O) groups excluding carboxylic acids is 1. The number of benzene rings is 1. The van der Waals surface area contributed by atoms with Gasteiger partial charge in [-0.05, 0) is 24.0 Å². The molecule has 0 spiro atoms. The predicted octanol–water partition coefficient (Wildman–Crippen LogP) is 2.33. The Morgan fingerprint density at radius 3 is 2.88 bits per heavy atom.